The second-order valence-electron chi connectivity index (χ2n) is 7.15. The van der Waals surface area contributed by atoms with Crippen LogP contribution in [0.15, 0.2) is 31.0 Å². The predicted molar refractivity (Wildman–Crippen MR) is 116 cm³/mol. The van der Waals surface area contributed by atoms with Crippen LogP contribution in [0.5, 0.6) is 0 Å². The number of anilines is 1. The van der Waals surface area contributed by atoms with Gasteiger partial charge in [-0.3, -0.25) is 15.0 Å². The fourth-order valence-electron chi connectivity index (χ4n) is 3.14. The van der Waals surface area contributed by atoms with Gasteiger partial charge < -0.3 is 25.8 Å². The first kappa shape index (κ1) is 21.4. The molecule has 0 spiro atoms. The van der Waals surface area contributed by atoms with Crippen LogP contribution >= 0.6 is 11.6 Å². The molecule has 30 heavy (non-hydrogen) atoms. The number of nitrogen functional groups attached to an aromatic ring is 1. The number of amides is 2. The molecular weight excluding hydrogens is 406 g/mol. The van der Waals surface area contributed by atoms with Gasteiger partial charge in [0.15, 0.2) is 0 Å². The van der Waals surface area contributed by atoms with Gasteiger partial charge in [0, 0.05) is 36.4 Å². The molecule has 1 saturated heterocycles. The van der Waals surface area contributed by atoms with Gasteiger partial charge in [0.2, 0.25) is 5.91 Å². The fraction of sp³-hybridized carbons (Fsp3) is 0.300. The molecule has 2 amide bonds. The zero-order valence-corrected chi connectivity index (χ0v) is 17.6. The van der Waals surface area contributed by atoms with E-state index in [0.29, 0.717) is 40.9 Å². The maximum atomic E-state index is 12.5. The lowest BCUT2D eigenvalue weighted by atomic mass is 10.1. The van der Waals surface area contributed by atoms with Crippen LogP contribution in [0.3, 0.4) is 0 Å². The number of amidine groups is 1. The summed E-state index contributed by atoms with van der Waals surface area (Å²) in [6.07, 6.45) is 2.75. The van der Waals surface area contributed by atoms with E-state index in [1.54, 1.807) is 28.6 Å². The van der Waals surface area contributed by atoms with Crippen LogP contribution in [0.1, 0.15) is 27.4 Å². The minimum atomic E-state index is -0.264. The number of carbonyl (C=O) groups excluding carboxylic acids is 2. The Kier molecular flexibility index (Phi) is 6.12. The number of hydrogen-bond acceptors (Lipinski definition) is 5. The number of halogens is 1. The van der Waals surface area contributed by atoms with Gasteiger partial charge in [-0.05, 0) is 30.7 Å². The molecule has 0 saturated carbocycles. The summed E-state index contributed by atoms with van der Waals surface area (Å²) >= 11 is 6.05. The summed E-state index contributed by atoms with van der Waals surface area (Å²) in [6.45, 7) is 6.46. The monoisotopic (exact) mass is 429 g/mol. The number of imidazole rings is 1. The van der Waals surface area contributed by atoms with Crippen LogP contribution < -0.4 is 16.4 Å². The molecule has 0 bridgehead atoms. The average molecular weight is 430 g/mol. The van der Waals surface area contributed by atoms with Crippen molar-refractivity contribution in [3.05, 3.63) is 58.7 Å². The molecule has 0 unspecified atom stereocenters. The topological polar surface area (TPSA) is 129 Å². The maximum Gasteiger partial charge on any atom is 0.269 e. The molecule has 0 atom stereocenters. The molecular formula is C20H24ClN7O2. The third-order valence-corrected chi connectivity index (χ3v) is 5.45. The normalized spacial score (nSPS) is 13.5. The van der Waals surface area contributed by atoms with Crippen LogP contribution in [0.25, 0.3) is 0 Å². The first-order chi connectivity index (χ1) is 14.2. The minimum Gasteiger partial charge on any atom is -0.398 e. The number of benzene rings is 1. The Bertz CT molecular complexity index is 1020. The average Bonchev–Trinajstić information content (AvgIpc) is 3.05. The summed E-state index contributed by atoms with van der Waals surface area (Å²) in [5, 5.41) is 14.7. The lowest BCUT2D eigenvalue weighted by Gasteiger charge is -2.38. The molecule has 1 aliphatic rings. The number of carbonyl (C=O) groups is 2. The van der Waals surface area contributed by atoms with Crippen molar-refractivity contribution < 1.29 is 9.59 Å². The minimum absolute atomic E-state index is 0.0952. The number of nitrogens with zero attached hydrogens (tertiary/aromatic N) is 3. The molecule has 1 aromatic carbocycles. The van der Waals surface area contributed by atoms with E-state index < -0.39 is 0 Å². The first-order valence-corrected chi connectivity index (χ1v) is 9.70. The summed E-state index contributed by atoms with van der Waals surface area (Å²) in [4.78, 5) is 29.9. The van der Waals surface area contributed by atoms with Crippen molar-refractivity contribution in [2.75, 3.05) is 18.8 Å². The van der Waals surface area contributed by atoms with Crippen molar-refractivity contribution >= 4 is 34.9 Å². The Hall–Kier alpha value is -3.33. The highest BCUT2D eigenvalue weighted by atomic mass is 35.5. The molecule has 9 nitrogen and oxygen atoms in total. The summed E-state index contributed by atoms with van der Waals surface area (Å²) in [6, 6.07) is 3.28. The fourth-order valence-corrected chi connectivity index (χ4v) is 3.31. The predicted octanol–water partition coefficient (Wildman–Crippen LogP) is 1.21. The smallest absolute Gasteiger partial charge is 0.269 e. The summed E-state index contributed by atoms with van der Waals surface area (Å²) in [7, 11) is 1.73. The lowest BCUT2D eigenvalue weighted by Crippen LogP contribution is -2.60. The van der Waals surface area contributed by atoms with Crippen molar-refractivity contribution in [2.24, 2.45) is 7.05 Å². The molecule has 3 rings (SSSR count). The molecule has 5 N–H and O–H groups in total. The lowest BCUT2D eigenvalue weighted by molar-refractivity contribution is -0.130. The standard InChI is InChI=1S/C20H24ClN7O2/c1-4-18(29)28-9-12(10-28)26-20(30)16-7-24-17(27(16)3)8-25-19(23)13-5-11(2)14(21)6-15(13)22/h4-7,12H,1,8-10,22H2,2-3H3,(H2,23,25)(H,26,30). The van der Waals surface area contributed by atoms with Crippen LogP contribution in [0.4, 0.5) is 5.69 Å². The number of rotatable bonds is 6. The van der Waals surface area contributed by atoms with Crippen LogP contribution in [-0.4, -0.2) is 51.2 Å². The maximum absolute atomic E-state index is 12.5. The number of aryl methyl sites for hydroxylation is 1. The second kappa shape index (κ2) is 8.58. The molecule has 0 radical (unpaired) electrons. The molecule has 10 heteroatoms. The van der Waals surface area contributed by atoms with Crippen molar-refractivity contribution in [1.82, 2.24) is 25.1 Å². The third-order valence-electron chi connectivity index (χ3n) is 5.04. The summed E-state index contributed by atoms with van der Waals surface area (Å²) in [5.74, 6) is 0.321. The van der Waals surface area contributed by atoms with E-state index in [4.69, 9.17) is 22.7 Å². The quantitative estimate of drug-likeness (QED) is 0.237. The van der Waals surface area contributed by atoms with Gasteiger partial charge in [0.1, 0.15) is 17.4 Å². The zero-order valence-electron chi connectivity index (χ0n) is 16.8. The Labute approximate surface area is 179 Å². The molecule has 1 aromatic heterocycles. The summed E-state index contributed by atoms with van der Waals surface area (Å²) < 4.78 is 1.66. The van der Waals surface area contributed by atoms with Crippen molar-refractivity contribution in [3.63, 3.8) is 0 Å². The first-order valence-electron chi connectivity index (χ1n) is 9.32. The summed E-state index contributed by atoms with van der Waals surface area (Å²) in [5.41, 5.74) is 8.15. The van der Waals surface area contributed by atoms with Crippen LogP contribution in [0, 0.1) is 12.3 Å². The van der Waals surface area contributed by atoms with E-state index in [0.717, 1.165) is 5.56 Å². The van der Waals surface area contributed by atoms with E-state index in [1.807, 2.05) is 6.92 Å². The van der Waals surface area contributed by atoms with E-state index in [2.05, 4.69) is 22.2 Å². The Morgan fingerprint density at radius 1 is 1.43 bits per heavy atom. The van der Waals surface area contributed by atoms with Crippen molar-refractivity contribution in [1.29, 1.82) is 5.41 Å². The van der Waals surface area contributed by atoms with Crippen LogP contribution in [0.2, 0.25) is 5.02 Å². The largest absolute Gasteiger partial charge is 0.398 e. The number of nitrogens with one attached hydrogen (secondary N) is 3. The molecule has 2 heterocycles. The Balaban J connectivity index is 1.58. The SMILES string of the molecule is C=CC(=O)N1CC(NC(=O)c2cnc(CNC(=N)c3cc(C)c(Cl)cc3N)n2C)C1. The van der Waals surface area contributed by atoms with Gasteiger partial charge >= 0.3 is 0 Å². The number of nitrogens with two attached hydrogens (primary N) is 1. The van der Waals surface area contributed by atoms with Gasteiger partial charge in [-0.15, -0.1) is 0 Å². The molecule has 1 aliphatic heterocycles. The van der Waals surface area contributed by atoms with E-state index in [9.17, 15) is 9.59 Å². The highest BCUT2D eigenvalue weighted by Gasteiger charge is 2.31. The van der Waals surface area contributed by atoms with Gasteiger partial charge in [-0.25, -0.2) is 4.98 Å². The zero-order chi connectivity index (χ0) is 22.0. The second-order valence-corrected chi connectivity index (χ2v) is 7.56. The van der Waals surface area contributed by atoms with E-state index in [1.165, 1.54) is 12.3 Å². The molecule has 2 aromatic rings. The number of hydrogen-bond donors (Lipinski definition) is 4. The van der Waals surface area contributed by atoms with Crippen LogP contribution in [-0.2, 0) is 18.4 Å². The highest BCUT2D eigenvalue weighted by Crippen LogP contribution is 2.22. The number of likely N-dealkylation sites (tertiary alicyclic amines) is 1. The van der Waals surface area contributed by atoms with Gasteiger partial charge in [-0.1, -0.05) is 18.2 Å². The molecule has 158 valence electrons. The van der Waals surface area contributed by atoms with Gasteiger partial charge in [0.25, 0.3) is 5.91 Å². The van der Waals surface area contributed by atoms with Crippen molar-refractivity contribution in [3.8, 4) is 0 Å². The van der Waals surface area contributed by atoms with Gasteiger partial charge in [-0.2, -0.15) is 0 Å². The highest BCUT2D eigenvalue weighted by molar-refractivity contribution is 6.31. The van der Waals surface area contributed by atoms with E-state index in [-0.39, 0.29) is 30.2 Å². The molecule has 1 fully saturated rings. The van der Waals surface area contributed by atoms with E-state index >= 15 is 0 Å². The Morgan fingerprint density at radius 2 is 2.13 bits per heavy atom. The third kappa shape index (κ3) is 4.30. The van der Waals surface area contributed by atoms with Crippen molar-refractivity contribution in [2.45, 2.75) is 19.5 Å². The number of aromatic nitrogens is 2. The Morgan fingerprint density at radius 3 is 2.80 bits per heavy atom. The van der Waals surface area contributed by atoms with Gasteiger partial charge in [0.05, 0.1) is 18.8 Å². The molecule has 0 aliphatic carbocycles.